The Morgan fingerprint density at radius 1 is 1.02 bits per heavy atom. The van der Waals surface area contributed by atoms with Crippen molar-refractivity contribution >= 4 is 60.2 Å². The number of para-hydroxylation sites is 2. The Hall–Kier alpha value is -4.97. The lowest BCUT2D eigenvalue weighted by Crippen LogP contribution is -2.38. The Labute approximate surface area is 296 Å². The molecule has 2 aromatic carbocycles. The van der Waals surface area contributed by atoms with E-state index < -0.39 is 30.8 Å². The number of amides is 5. The molecule has 1 saturated heterocycles. The first-order valence-corrected chi connectivity index (χ1v) is 18.1. The van der Waals surface area contributed by atoms with Gasteiger partial charge in [-0.2, -0.15) is 0 Å². The van der Waals surface area contributed by atoms with Gasteiger partial charge in [-0.05, 0) is 24.3 Å². The van der Waals surface area contributed by atoms with Crippen LogP contribution in [-0.2, 0) is 30.4 Å². The van der Waals surface area contributed by atoms with Gasteiger partial charge in [-0.1, -0.05) is 12.1 Å². The van der Waals surface area contributed by atoms with Crippen LogP contribution in [0.1, 0.15) is 41.7 Å². The molecule has 1 unspecified atom stereocenters. The third-order valence-corrected chi connectivity index (χ3v) is 9.04. The summed E-state index contributed by atoms with van der Waals surface area (Å²) in [6.45, 7) is -0.328. The van der Waals surface area contributed by atoms with Crippen LogP contribution in [0, 0.1) is 0 Å². The Morgan fingerprint density at radius 3 is 2.29 bits per heavy atom. The van der Waals surface area contributed by atoms with E-state index in [9.17, 15) is 38.3 Å². The van der Waals surface area contributed by atoms with Crippen molar-refractivity contribution in [3.63, 3.8) is 0 Å². The quantitative estimate of drug-likeness (QED) is 0.0652. The number of likely N-dealkylation sites (tertiary alicyclic amines) is 1. The molecule has 1 aliphatic heterocycles. The molecule has 0 spiro atoms. The lowest BCUT2D eigenvalue weighted by molar-refractivity contribution is -0.138. The number of primary amides is 1. The number of imide groups is 1. The van der Waals surface area contributed by atoms with Gasteiger partial charge in [0.1, 0.15) is 23.9 Å². The molecule has 18 nitrogen and oxygen atoms in total. The molecular weight excluding hydrogens is 711 g/mol. The zero-order valence-corrected chi connectivity index (χ0v) is 29.4. The number of ether oxygens (including phenoxy) is 3. The number of phosphoric acid groups is 1. The van der Waals surface area contributed by atoms with Crippen LogP contribution in [-0.4, -0.2) is 99.0 Å². The molecule has 2 heterocycles. The molecule has 0 aliphatic carbocycles. The summed E-state index contributed by atoms with van der Waals surface area (Å²) >= 11 is 1.28. The number of aromatic nitrogens is 2. The van der Waals surface area contributed by atoms with E-state index in [1.54, 1.807) is 24.3 Å². The average molecular weight is 749 g/mol. The van der Waals surface area contributed by atoms with E-state index in [4.69, 9.17) is 19.9 Å². The standard InChI is InChI=1S/C31H37N6O12PS/c1-46-22-14-18(49-50(43,44)45)15-23(47-2)19(22)17-48-30-28(35-20-6-3-4-7-21(20)36-30)29(41)34-11-10-33-26(39)9-12-37-27(40)16-24(31(37)42)51-13-5-8-25(32)38/h3-4,6-7,14-15,24H,5,8-13,16-17H2,1-2H3,(H2,32,38)(H,33,39)(H,34,41)(H2,43,44,45). The highest BCUT2D eigenvalue weighted by Crippen LogP contribution is 2.42. The van der Waals surface area contributed by atoms with E-state index in [1.807, 2.05) is 0 Å². The number of phosphoric ester groups is 1. The number of nitrogens with zero attached hydrogens (tertiary/aromatic N) is 3. The van der Waals surface area contributed by atoms with Crippen LogP contribution >= 0.6 is 19.6 Å². The predicted molar refractivity (Wildman–Crippen MR) is 182 cm³/mol. The molecule has 274 valence electrons. The van der Waals surface area contributed by atoms with Crippen molar-refractivity contribution < 1.29 is 57.1 Å². The van der Waals surface area contributed by atoms with Crippen molar-refractivity contribution in [3.8, 4) is 23.1 Å². The van der Waals surface area contributed by atoms with Crippen LogP contribution in [0.2, 0.25) is 0 Å². The third-order valence-electron chi connectivity index (χ3n) is 7.30. The van der Waals surface area contributed by atoms with Gasteiger partial charge in [-0.25, -0.2) is 14.5 Å². The summed E-state index contributed by atoms with van der Waals surface area (Å²) in [4.78, 5) is 89.9. The van der Waals surface area contributed by atoms with Crippen LogP contribution in [0.15, 0.2) is 36.4 Å². The normalized spacial score (nSPS) is 14.4. The van der Waals surface area contributed by atoms with Crippen LogP contribution in [0.4, 0.5) is 0 Å². The number of nitrogens with two attached hydrogens (primary N) is 1. The smallest absolute Gasteiger partial charge is 0.496 e. The monoisotopic (exact) mass is 748 g/mol. The summed E-state index contributed by atoms with van der Waals surface area (Å²) in [5.74, 6) is -1.89. The van der Waals surface area contributed by atoms with Crippen molar-refractivity contribution in [3.05, 3.63) is 47.7 Å². The maximum Gasteiger partial charge on any atom is 0.524 e. The van der Waals surface area contributed by atoms with Gasteiger partial charge >= 0.3 is 7.82 Å². The molecule has 3 aromatic rings. The summed E-state index contributed by atoms with van der Waals surface area (Å²) in [6.07, 6.45) is 0.595. The van der Waals surface area contributed by atoms with Crippen LogP contribution in [0.5, 0.6) is 23.1 Å². The van der Waals surface area contributed by atoms with Crippen molar-refractivity contribution in [2.45, 2.75) is 37.5 Å². The Bertz CT molecular complexity index is 1810. The van der Waals surface area contributed by atoms with Gasteiger partial charge in [-0.3, -0.25) is 38.7 Å². The zero-order valence-electron chi connectivity index (χ0n) is 27.7. The second kappa shape index (κ2) is 17.8. The molecule has 1 aliphatic rings. The van der Waals surface area contributed by atoms with Gasteiger partial charge in [0.2, 0.25) is 29.5 Å². The first-order chi connectivity index (χ1) is 24.3. The second-order valence-electron chi connectivity index (χ2n) is 10.9. The molecular formula is C31H37N6O12PS. The van der Waals surface area contributed by atoms with Crippen LogP contribution < -0.4 is 35.1 Å². The largest absolute Gasteiger partial charge is 0.524 e. The Balaban J connectivity index is 1.34. The first-order valence-electron chi connectivity index (χ1n) is 15.5. The minimum absolute atomic E-state index is 0.00715. The number of hydrogen-bond donors (Lipinski definition) is 5. The maximum atomic E-state index is 13.3. The molecule has 6 N–H and O–H groups in total. The number of hydrogen-bond acceptors (Lipinski definition) is 13. The highest BCUT2D eigenvalue weighted by atomic mass is 32.2. The fourth-order valence-electron chi connectivity index (χ4n) is 4.92. The number of methoxy groups -OCH3 is 2. The Kier molecular flexibility index (Phi) is 13.6. The van der Waals surface area contributed by atoms with Crippen LogP contribution in [0.3, 0.4) is 0 Å². The lowest BCUT2D eigenvalue weighted by Gasteiger charge is -2.17. The molecule has 0 radical (unpaired) electrons. The summed E-state index contributed by atoms with van der Waals surface area (Å²) < 4.78 is 32.6. The first kappa shape index (κ1) is 38.8. The van der Waals surface area contributed by atoms with Gasteiger partial charge in [0.05, 0.1) is 36.1 Å². The summed E-state index contributed by atoms with van der Waals surface area (Å²) in [7, 11) is -2.22. The summed E-state index contributed by atoms with van der Waals surface area (Å²) in [5.41, 5.74) is 6.12. The second-order valence-corrected chi connectivity index (χ2v) is 13.4. The van der Waals surface area contributed by atoms with Gasteiger partial charge in [-0.15, -0.1) is 11.8 Å². The molecule has 1 atom stereocenters. The fourth-order valence-corrected chi connectivity index (χ4v) is 6.42. The van der Waals surface area contributed by atoms with Gasteiger partial charge in [0.25, 0.3) is 5.91 Å². The number of benzene rings is 2. The van der Waals surface area contributed by atoms with E-state index in [1.165, 1.54) is 38.1 Å². The number of carbonyl (C=O) groups excluding carboxylic acids is 5. The zero-order chi connectivity index (χ0) is 37.1. The molecule has 5 amide bonds. The van der Waals surface area contributed by atoms with E-state index in [2.05, 4.69) is 25.1 Å². The van der Waals surface area contributed by atoms with E-state index in [0.717, 1.165) is 4.90 Å². The molecule has 1 fully saturated rings. The lowest BCUT2D eigenvalue weighted by atomic mass is 10.1. The molecule has 0 bridgehead atoms. The number of fused-ring (bicyclic) bond motifs is 1. The topological polar surface area (TPSA) is 259 Å². The summed E-state index contributed by atoms with van der Waals surface area (Å²) in [5, 5.41) is 4.73. The van der Waals surface area contributed by atoms with Gasteiger partial charge < -0.3 is 35.1 Å². The fraction of sp³-hybridized carbons (Fsp3) is 0.387. The number of nitrogens with one attached hydrogen (secondary N) is 2. The van der Waals surface area contributed by atoms with E-state index in [0.29, 0.717) is 28.8 Å². The third kappa shape index (κ3) is 11.0. The van der Waals surface area contributed by atoms with E-state index >= 15 is 0 Å². The summed E-state index contributed by atoms with van der Waals surface area (Å²) in [6, 6.07) is 9.27. The SMILES string of the molecule is COc1cc(OP(=O)(O)O)cc(OC)c1COc1nc2ccccc2nc1C(=O)NCCNC(=O)CCN1C(=O)CC(SCCCC(N)=O)C1=O. The van der Waals surface area contributed by atoms with E-state index in [-0.39, 0.29) is 86.1 Å². The molecule has 4 rings (SSSR count). The van der Waals surface area contributed by atoms with Crippen molar-refractivity contribution in [1.29, 1.82) is 0 Å². The number of rotatable bonds is 19. The average Bonchev–Trinajstić information content (AvgIpc) is 3.36. The van der Waals surface area contributed by atoms with Crippen molar-refractivity contribution in [2.24, 2.45) is 5.73 Å². The minimum Gasteiger partial charge on any atom is -0.496 e. The molecule has 20 heteroatoms. The molecule has 51 heavy (non-hydrogen) atoms. The maximum absolute atomic E-state index is 13.3. The Morgan fingerprint density at radius 2 is 1.67 bits per heavy atom. The van der Waals surface area contributed by atoms with Crippen molar-refractivity contribution in [1.82, 2.24) is 25.5 Å². The van der Waals surface area contributed by atoms with Crippen molar-refractivity contribution in [2.75, 3.05) is 39.6 Å². The predicted octanol–water partition coefficient (Wildman–Crippen LogP) is 1.06. The highest BCUT2D eigenvalue weighted by molar-refractivity contribution is 8.00. The van der Waals surface area contributed by atoms with Gasteiger partial charge in [0.15, 0.2) is 5.69 Å². The molecule has 1 aromatic heterocycles. The van der Waals surface area contributed by atoms with Crippen LogP contribution in [0.25, 0.3) is 11.0 Å². The number of carbonyl (C=O) groups is 5. The minimum atomic E-state index is -4.87. The highest BCUT2D eigenvalue weighted by Gasteiger charge is 2.38. The van der Waals surface area contributed by atoms with Gasteiger partial charge in [0, 0.05) is 51.0 Å². The number of thioether (sulfide) groups is 1. The molecule has 0 saturated carbocycles.